The number of hydrogen-bond donors (Lipinski definition) is 0. The van der Waals surface area contributed by atoms with E-state index < -0.39 is 17.8 Å². The fourth-order valence-electron chi connectivity index (χ4n) is 4.07. The number of carbonyl (C=O) groups excluding carboxylic acids is 1. The van der Waals surface area contributed by atoms with Gasteiger partial charge in [0.2, 0.25) is 0 Å². The zero-order chi connectivity index (χ0) is 27.6. The van der Waals surface area contributed by atoms with E-state index >= 15 is 0 Å². The van der Waals surface area contributed by atoms with Crippen LogP contribution in [-0.2, 0) is 12.7 Å². The first-order chi connectivity index (χ1) is 18.0. The van der Waals surface area contributed by atoms with Crippen LogP contribution in [0.2, 0.25) is 0 Å². The Kier molecular flexibility index (Phi) is 7.34. The second-order valence-corrected chi connectivity index (χ2v) is 8.52. The second-order valence-electron chi connectivity index (χ2n) is 8.52. The minimum atomic E-state index is -4.48. The Bertz CT molecular complexity index is 1490. The number of carboxylic acid groups (broad SMARTS) is 1. The fraction of sp³-hybridized carbons (Fsp3) is 0.214. The van der Waals surface area contributed by atoms with Gasteiger partial charge < -0.3 is 29.0 Å². The molecule has 7 nitrogen and oxygen atoms in total. The monoisotopic (exact) mass is 525 g/mol. The Morgan fingerprint density at radius 2 is 1.55 bits per heavy atom. The number of hydrogen-bond acceptors (Lipinski definition) is 6. The molecule has 0 fully saturated rings. The standard InChI is InChI=1S/C28H25F3N2O5/c1-16-17(2)23(38-24-11-12-32-21-14-26(37-4)25(36-3)13-20(21)24)10-9-22(16)33(27(34)35)15-18-5-7-19(8-6-18)28(29,30)31/h5-14H,15H2,1-4H3,(H,34,35)/p-1. The molecule has 0 aliphatic heterocycles. The molecule has 0 aliphatic rings. The lowest BCUT2D eigenvalue weighted by Crippen LogP contribution is -2.41. The van der Waals surface area contributed by atoms with Crippen molar-refractivity contribution in [2.45, 2.75) is 26.6 Å². The number of anilines is 1. The number of ether oxygens (including phenoxy) is 3. The van der Waals surface area contributed by atoms with Gasteiger partial charge in [0.05, 0.1) is 25.3 Å². The third-order valence-electron chi connectivity index (χ3n) is 6.27. The summed E-state index contributed by atoms with van der Waals surface area (Å²) in [5.74, 6) is 2.03. The number of aromatic nitrogens is 1. The molecule has 0 spiro atoms. The Labute approximate surface area is 217 Å². The van der Waals surface area contributed by atoms with Crippen LogP contribution in [0.4, 0.5) is 23.7 Å². The molecule has 0 atom stereocenters. The highest BCUT2D eigenvalue weighted by atomic mass is 19.4. The van der Waals surface area contributed by atoms with E-state index in [9.17, 15) is 23.1 Å². The summed E-state index contributed by atoms with van der Waals surface area (Å²) in [5, 5.41) is 12.7. The molecule has 0 saturated heterocycles. The summed E-state index contributed by atoms with van der Waals surface area (Å²) in [6.07, 6.45) is -4.36. The SMILES string of the molecule is COc1cc2nccc(Oc3ccc(N(Cc4ccc(C(F)(F)F)cc4)C(=O)[O-])c(C)c3C)c2cc1OC. The summed E-state index contributed by atoms with van der Waals surface area (Å²) in [6.45, 7) is 3.34. The predicted molar refractivity (Wildman–Crippen MR) is 134 cm³/mol. The number of nitrogens with zero attached hydrogens (tertiary/aromatic N) is 2. The van der Waals surface area contributed by atoms with Crippen molar-refractivity contribution in [1.82, 2.24) is 4.98 Å². The average molecular weight is 526 g/mol. The van der Waals surface area contributed by atoms with Crippen LogP contribution >= 0.6 is 0 Å². The Hall–Kier alpha value is -4.47. The van der Waals surface area contributed by atoms with Crippen molar-refractivity contribution >= 4 is 22.7 Å². The van der Waals surface area contributed by atoms with Crippen molar-refractivity contribution in [2.75, 3.05) is 19.1 Å². The van der Waals surface area contributed by atoms with Gasteiger partial charge in [-0.3, -0.25) is 4.98 Å². The molecule has 4 aromatic rings. The molecule has 4 rings (SSSR count). The summed E-state index contributed by atoms with van der Waals surface area (Å²) < 4.78 is 55.6. The van der Waals surface area contributed by atoms with Crippen LogP contribution in [0.5, 0.6) is 23.0 Å². The summed E-state index contributed by atoms with van der Waals surface area (Å²) in [4.78, 5) is 17.3. The zero-order valence-electron chi connectivity index (χ0n) is 21.1. The molecular formula is C28H24F3N2O5-. The highest BCUT2D eigenvalue weighted by Crippen LogP contribution is 2.39. The van der Waals surface area contributed by atoms with E-state index in [-0.39, 0.29) is 6.54 Å². The Morgan fingerprint density at radius 3 is 2.16 bits per heavy atom. The van der Waals surface area contributed by atoms with Gasteiger partial charge >= 0.3 is 6.18 Å². The van der Waals surface area contributed by atoms with Gasteiger partial charge in [0.25, 0.3) is 0 Å². The molecular weight excluding hydrogens is 501 g/mol. The number of pyridine rings is 1. The van der Waals surface area contributed by atoms with Gasteiger partial charge in [0.15, 0.2) is 11.5 Å². The third kappa shape index (κ3) is 5.29. The molecule has 10 heteroatoms. The number of carbonyl (C=O) groups is 1. The molecule has 38 heavy (non-hydrogen) atoms. The minimum absolute atomic E-state index is 0.183. The number of amides is 1. The first-order valence-electron chi connectivity index (χ1n) is 11.5. The zero-order valence-corrected chi connectivity index (χ0v) is 21.1. The highest BCUT2D eigenvalue weighted by molar-refractivity contribution is 5.89. The maximum atomic E-state index is 12.9. The molecule has 1 amide bonds. The maximum absolute atomic E-state index is 12.9. The average Bonchev–Trinajstić information content (AvgIpc) is 2.89. The summed E-state index contributed by atoms with van der Waals surface area (Å²) in [5.41, 5.74) is 1.82. The quantitative estimate of drug-likeness (QED) is 0.293. The van der Waals surface area contributed by atoms with E-state index in [4.69, 9.17) is 14.2 Å². The molecule has 1 aromatic heterocycles. The van der Waals surface area contributed by atoms with Crippen molar-refractivity contribution in [1.29, 1.82) is 0 Å². The molecule has 198 valence electrons. The van der Waals surface area contributed by atoms with Crippen molar-refractivity contribution in [3.8, 4) is 23.0 Å². The Morgan fingerprint density at radius 1 is 0.895 bits per heavy atom. The van der Waals surface area contributed by atoms with Crippen LogP contribution in [-0.4, -0.2) is 25.3 Å². The van der Waals surface area contributed by atoms with Crippen molar-refractivity contribution in [2.24, 2.45) is 0 Å². The fourth-order valence-corrected chi connectivity index (χ4v) is 4.07. The van der Waals surface area contributed by atoms with Gasteiger partial charge in [-0.1, -0.05) is 12.1 Å². The van der Waals surface area contributed by atoms with Gasteiger partial charge in [-0.25, -0.2) is 0 Å². The molecule has 0 bridgehead atoms. The van der Waals surface area contributed by atoms with Gasteiger partial charge in [-0.2, -0.15) is 13.2 Å². The van der Waals surface area contributed by atoms with E-state index in [0.29, 0.717) is 56.3 Å². The molecule has 3 aromatic carbocycles. The lowest BCUT2D eigenvalue weighted by atomic mass is 10.0. The molecule has 1 heterocycles. The van der Waals surface area contributed by atoms with E-state index in [1.165, 1.54) is 26.4 Å². The van der Waals surface area contributed by atoms with Crippen molar-refractivity contribution < 1.29 is 37.3 Å². The molecule has 0 N–H and O–H groups in total. The van der Waals surface area contributed by atoms with Gasteiger partial charge in [-0.05, 0) is 66.9 Å². The smallest absolute Gasteiger partial charge is 0.416 e. The number of rotatable bonds is 7. The number of fused-ring (bicyclic) bond motifs is 1. The topological polar surface area (TPSA) is 84.0 Å². The van der Waals surface area contributed by atoms with Crippen LogP contribution in [0.25, 0.3) is 10.9 Å². The van der Waals surface area contributed by atoms with Crippen molar-refractivity contribution in [3.05, 3.63) is 83.0 Å². The van der Waals surface area contributed by atoms with Crippen LogP contribution in [0, 0.1) is 13.8 Å². The number of benzene rings is 3. The van der Waals surface area contributed by atoms with Crippen LogP contribution in [0.15, 0.2) is 60.8 Å². The first-order valence-corrected chi connectivity index (χ1v) is 11.5. The minimum Gasteiger partial charge on any atom is -0.530 e. The largest absolute Gasteiger partial charge is 0.530 e. The van der Waals surface area contributed by atoms with Crippen molar-refractivity contribution in [3.63, 3.8) is 0 Å². The first kappa shape index (κ1) is 26.6. The van der Waals surface area contributed by atoms with Crippen LogP contribution in [0.3, 0.4) is 0 Å². The highest BCUT2D eigenvalue weighted by Gasteiger charge is 2.30. The summed E-state index contributed by atoms with van der Waals surface area (Å²) in [6, 6.07) is 12.7. The summed E-state index contributed by atoms with van der Waals surface area (Å²) >= 11 is 0. The Balaban J connectivity index is 1.65. The normalized spacial score (nSPS) is 11.3. The molecule has 0 saturated carbocycles. The summed E-state index contributed by atoms with van der Waals surface area (Å²) in [7, 11) is 3.06. The molecule has 0 radical (unpaired) electrons. The van der Waals surface area contributed by atoms with Gasteiger partial charge in [0, 0.05) is 29.9 Å². The molecule has 0 aliphatic carbocycles. The van der Waals surface area contributed by atoms with E-state index in [2.05, 4.69) is 4.98 Å². The van der Waals surface area contributed by atoms with E-state index in [1.54, 1.807) is 50.4 Å². The second kappa shape index (κ2) is 10.5. The van der Waals surface area contributed by atoms with E-state index in [0.717, 1.165) is 17.0 Å². The number of methoxy groups -OCH3 is 2. The van der Waals surface area contributed by atoms with Crippen LogP contribution < -0.4 is 24.2 Å². The van der Waals surface area contributed by atoms with E-state index in [1.807, 2.05) is 0 Å². The van der Waals surface area contributed by atoms with Crippen LogP contribution in [0.1, 0.15) is 22.3 Å². The number of halogens is 3. The van der Waals surface area contributed by atoms with Gasteiger partial charge in [0.1, 0.15) is 17.6 Å². The predicted octanol–water partition coefficient (Wildman–Crippen LogP) is 6.03. The lowest BCUT2D eigenvalue weighted by Gasteiger charge is -2.28. The van der Waals surface area contributed by atoms with Gasteiger partial charge in [-0.15, -0.1) is 0 Å². The lowest BCUT2D eigenvalue weighted by molar-refractivity contribution is -0.246. The number of alkyl halides is 3. The third-order valence-corrected chi connectivity index (χ3v) is 6.27. The maximum Gasteiger partial charge on any atom is 0.416 e. The molecule has 0 unspecified atom stereocenters.